The van der Waals surface area contributed by atoms with Crippen molar-refractivity contribution in [2.45, 2.75) is 46.5 Å². The van der Waals surface area contributed by atoms with Crippen molar-refractivity contribution in [3.05, 3.63) is 46.3 Å². The highest BCUT2D eigenvalue weighted by Gasteiger charge is 2.43. The summed E-state index contributed by atoms with van der Waals surface area (Å²) in [7, 11) is 1.62. The third-order valence-corrected chi connectivity index (χ3v) is 5.49. The van der Waals surface area contributed by atoms with Gasteiger partial charge in [-0.1, -0.05) is 25.1 Å². The van der Waals surface area contributed by atoms with Gasteiger partial charge in [0.1, 0.15) is 0 Å². The summed E-state index contributed by atoms with van der Waals surface area (Å²) >= 11 is 0. The van der Waals surface area contributed by atoms with Crippen LogP contribution in [0.2, 0.25) is 0 Å². The maximum Gasteiger partial charge on any atom is 0.233 e. The molecule has 6 heteroatoms. The van der Waals surface area contributed by atoms with E-state index in [9.17, 15) is 4.79 Å². The number of methoxy groups -OCH3 is 1. The Bertz CT molecular complexity index is 971. The first-order valence-electron chi connectivity index (χ1n) is 9.64. The number of nitrogens with one attached hydrogen (secondary N) is 1. The second kappa shape index (κ2) is 6.69. The first-order chi connectivity index (χ1) is 13.3. The maximum atomic E-state index is 13.2. The van der Waals surface area contributed by atoms with E-state index in [-0.39, 0.29) is 17.1 Å². The molecule has 1 N–H and O–H groups in total. The summed E-state index contributed by atoms with van der Waals surface area (Å²) in [5.74, 6) is 1.91. The number of benzene rings is 1. The number of rotatable bonds is 4. The highest BCUT2D eigenvalue weighted by Crippen LogP contribution is 2.50. The molecule has 0 fully saturated rings. The van der Waals surface area contributed by atoms with Crippen molar-refractivity contribution in [2.75, 3.05) is 19.0 Å². The molecule has 1 aromatic carbocycles. The minimum Gasteiger partial charge on any atom is -0.493 e. The normalized spacial score (nSPS) is 20.3. The molecule has 1 unspecified atom stereocenters. The van der Waals surface area contributed by atoms with Crippen LogP contribution in [0.25, 0.3) is 0 Å². The van der Waals surface area contributed by atoms with Crippen LogP contribution < -0.4 is 14.8 Å². The van der Waals surface area contributed by atoms with E-state index in [1.165, 1.54) is 0 Å². The zero-order chi connectivity index (χ0) is 20.1. The van der Waals surface area contributed by atoms with E-state index in [1.54, 1.807) is 7.11 Å². The Morgan fingerprint density at radius 3 is 2.79 bits per heavy atom. The number of carbonyl (C=O) groups is 1. The number of allylic oxidation sites excluding steroid dienone is 2. The van der Waals surface area contributed by atoms with Crippen LogP contribution in [0, 0.1) is 12.3 Å². The first kappa shape index (κ1) is 18.6. The average Bonchev–Trinajstić information content (AvgIpc) is 3.00. The Balaban J connectivity index is 1.89. The lowest BCUT2D eigenvalue weighted by Gasteiger charge is -2.37. The minimum absolute atomic E-state index is 0.0868. The van der Waals surface area contributed by atoms with Crippen LogP contribution >= 0.6 is 0 Å². The van der Waals surface area contributed by atoms with Crippen LogP contribution in [0.1, 0.15) is 56.4 Å². The largest absolute Gasteiger partial charge is 0.493 e. The van der Waals surface area contributed by atoms with Gasteiger partial charge in [-0.15, -0.1) is 0 Å². The Morgan fingerprint density at radius 1 is 1.29 bits per heavy atom. The summed E-state index contributed by atoms with van der Waals surface area (Å²) in [6.07, 6.45) is 1.32. The number of aryl methyl sites for hydroxylation is 1. The zero-order valence-electron chi connectivity index (χ0n) is 17.0. The molecule has 1 atom stereocenters. The second-order valence-corrected chi connectivity index (χ2v) is 8.25. The van der Waals surface area contributed by atoms with Crippen LogP contribution in [0.3, 0.4) is 0 Å². The number of Topliss-reactive ketones (excluding diaryl/α,β-unsaturated/α-hetero) is 1. The lowest BCUT2D eigenvalue weighted by Crippen LogP contribution is -2.33. The molecule has 0 saturated heterocycles. The van der Waals surface area contributed by atoms with Gasteiger partial charge in [0.2, 0.25) is 5.88 Å². The highest BCUT2D eigenvalue weighted by molar-refractivity contribution is 6.01. The van der Waals surface area contributed by atoms with Gasteiger partial charge in [-0.25, -0.2) is 0 Å². The average molecular weight is 382 g/mol. The summed E-state index contributed by atoms with van der Waals surface area (Å²) in [6, 6.07) is 5.85. The number of hydrogen-bond donors (Lipinski definition) is 1. The molecule has 0 radical (unpaired) electrons. The van der Waals surface area contributed by atoms with Gasteiger partial charge in [-0.05, 0) is 43.4 Å². The Hall–Kier alpha value is -2.76. The van der Waals surface area contributed by atoms with E-state index < -0.39 is 0 Å². The van der Waals surface area contributed by atoms with Crippen molar-refractivity contribution < 1.29 is 18.8 Å². The van der Waals surface area contributed by atoms with Gasteiger partial charge in [0.15, 0.2) is 17.3 Å². The van der Waals surface area contributed by atoms with Gasteiger partial charge in [0, 0.05) is 23.6 Å². The topological polar surface area (TPSA) is 73.6 Å². The molecule has 6 nitrogen and oxygen atoms in total. The molecule has 0 bridgehead atoms. The lowest BCUT2D eigenvalue weighted by molar-refractivity contribution is -0.118. The van der Waals surface area contributed by atoms with Gasteiger partial charge in [0.05, 0.1) is 25.0 Å². The summed E-state index contributed by atoms with van der Waals surface area (Å²) < 4.78 is 16.7. The number of aromatic nitrogens is 1. The second-order valence-electron chi connectivity index (χ2n) is 8.25. The number of ketones is 1. The molecule has 148 valence electrons. The van der Waals surface area contributed by atoms with Gasteiger partial charge >= 0.3 is 0 Å². The minimum atomic E-state index is -0.231. The van der Waals surface area contributed by atoms with Crippen LogP contribution in [-0.4, -0.2) is 24.7 Å². The van der Waals surface area contributed by atoms with E-state index in [0.29, 0.717) is 30.4 Å². The molecule has 0 spiro atoms. The molecule has 2 heterocycles. The van der Waals surface area contributed by atoms with Crippen molar-refractivity contribution >= 4 is 11.7 Å². The van der Waals surface area contributed by atoms with Crippen molar-refractivity contribution in [3.8, 4) is 11.5 Å². The van der Waals surface area contributed by atoms with Crippen molar-refractivity contribution in [1.29, 1.82) is 0 Å². The van der Waals surface area contributed by atoms with Crippen molar-refractivity contribution in [2.24, 2.45) is 5.41 Å². The number of carbonyl (C=O) groups excluding carboxylic acids is 1. The fourth-order valence-corrected chi connectivity index (χ4v) is 4.34. The van der Waals surface area contributed by atoms with Gasteiger partial charge in [-0.2, -0.15) is 0 Å². The van der Waals surface area contributed by atoms with Crippen molar-refractivity contribution in [3.63, 3.8) is 0 Å². The molecule has 4 rings (SSSR count). The number of fused-ring (bicyclic) bond motifs is 1. The van der Waals surface area contributed by atoms with Crippen LogP contribution in [0.5, 0.6) is 11.5 Å². The van der Waals surface area contributed by atoms with Crippen molar-refractivity contribution in [1.82, 2.24) is 5.16 Å². The molecule has 28 heavy (non-hydrogen) atoms. The summed E-state index contributed by atoms with van der Waals surface area (Å²) in [4.78, 5) is 13.2. The number of ether oxygens (including phenoxy) is 2. The van der Waals surface area contributed by atoms with Crippen LogP contribution in [-0.2, 0) is 4.79 Å². The van der Waals surface area contributed by atoms with E-state index in [2.05, 4.69) is 24.3 Å². The third-order valence-electron chi connectivity index (χ3n) is 5.49. The van der Waals surface area contributed by atoms with E-state index in [4.69, 9.17) is 14.0 Å². The van der Waals surface area contributed by atoms with Crippen LogP contribution in [0.15, 0.2) is 34.0 Å². The lowest BCUT2D eigenvalue weighted by atomic mass is 9.69. The van der Waals surface area contributed by atoms with Gasteiger partial charge in [-0.3, -0.25) is 4.79 Å². The predicted octanol–water partition coefficient (Wildman–Crippen LogP) is 4.59. The molecular weight excluding hydrogens is 356 g/mol. The fourth-order valence-electron chi connectivity index (χ4n) is 4.34. The van der Waals surface area contributed by atoms with Gasteiger partial charge < -0.3 is 19.3 Å². The summed E-state index contributed by atoms with van der Waals surface area (Å²) in [5.41, 5.74) is 4.32. The fraction of sp³-hybridized carbons (Fsp3) is 0.455. The number of hydrogen-bond acceptors (Lipinski definition) is 6. The Kier molecular flexibility index (Phi) is 4.44. The quantitative estimate of drug-likeness (QED) is 0.834. The highest BCUT2D eigenvalue weighted by atomic mass is 16.5. The molecule has 0 amide bonds. The third kappa shape index (κ3) is 2.97. The SMILES string of the molecule is CCOc1ccc(C2C3=C(CC(C)(C)CC3=O)Nc3onc(C)c32)cc1OC. The number of anilines is 1. The van der Waals surface area contributed by atoms with Gasteiger partial charge in [0.25, 0.3) is 0 Å². The molecular formula is C22H26N2O4. The monoisotopic (exact) mass is 382 g/mol. The summed E-state index contributed by atoms with van der Waals surface area (Å²) in [5, 5.41) is 7.49. The van der Waals surface area contributed by atoms with E-state index in [1.807, 2.05) is 32.0 Å². The molecule has 1 aliphatic heterocycles. The Labute approximate surface area is 164 Å². The molecule has 2 aromatic rings. The predicted molar refractivity (Wildman–Crippen MR) is 106 cm³/mol. The zero-order valence-corrected chi connectivity index (χ0v) is 17.0. The van der Waals surface area contributed by atoms with Crippen LogP contribution in [0.4, 0.5) is 5.88 Å². The molecule has 2 aliphatic rings. The standard InChI is InChI=1S/C22H26N2O4/c1-6-27-16-8-7-13(9-17(16)26-5)19-18-12(2)24-28-21(18)23-14-10-22(3,4)11-15(25)20(14)19/h7-9,19,23H,6,10-11H2,1-5H3. The van der Waals surface area contributed by atoms with E-state index in [0.717, 1.165) is 34.5 Å². The molecule has 1 aromatic heterocycles. The molecule has 1 aliphatic carbocycles. The first-order valence-corrected chi connectivity index (χ1v) is 9.64. The maximum absolute atomic E-state index is 13.2. The molecule has 0 saturated carbocycles. The smallest absolute Gasteiger partial charge is 0.233 e. The Morgan fingerprint density at radius 2 is 2.07 bits per heavy atom. The van der Waals surface area contributed by atoms with E-state index >= 15 is 0 Å². The summed E-state index contributed by atoms with van der Waals surface area (Å²) in [6.45, 7) is 8.64. The number of nitrogens with zero attached hydrogens (tertiary/aromatic N) is 1.